The first-order valence-electron chi connectivity index (χ1n) is 11.1. The Kier molecular flexibility index (Phi) is 15.8. The van der Waals surface area contributed by atoms with Crippen molar-refractivity contribution in [3.05, 3.63) is 12.2 Å². The van der Waals surface area contributed by atoms with Crippen molar-refractivity contribution >= 4 is 23.9 Å². The number of aliphatic carboxylic acids is 1. The van der Waals surface area contributed by atoms with Crippen molar-refractivity contribution in [2.45, 2.75) is 96.1 Å². The van der Waals surface area contributed by atoms with E-state index in [9.17, 15) is 19.2 Å². The number of allylic oxidation sites excluding steroid dienone is 1. The molecule has 0 aliphatic carbocycles. The second-order valence-electron chi connectivity index (χ2n) is 8.02. The number of aliphatic hydroxyl groups is 1. The number of hydrogen-bond donors (Lipinski definition) is 2. The Hall–Kier alpha value is -2.46. The number of aliphatic hydroxyl groups excluding tert-OH is 1. The first-order valence-corrected chi connectivity index (χ1v) is 11.1. The molecule has 1 aliphatic rings. The molecule has 10 heteroatoms. The molecule has 10 nitrogen and oxygen atoms in total. The Bertz CT molecular complexity index is 641. The third kappa shape index (κ3) is 15.9. The number of esters is 3. The average molecular weight is 475 g/mol. The van der Waals surface area contributed by atoms with E-state index in [0.29, 0.717) is 19.3 Å². The van der Waals surface area contributed by atoms with Gasteiger partial charge in [0.1, 0.15) is 0 Å². The van der Waals surface area contributed by atoms with Crippen LogP contribution in [0.15, 0.2) is 12.2 Å². The number of methoxy groups -OCH3 is 2. The van der Waals surface area contributed by atoms with Crippen LogP contribution in [0.3, 0.4) is 0 Å². The summed E-state index contributed by atoms with van der Waals surface area (Å²) in [5.41, 5.74) is 0. The minimum atomic E-state index is -1.26. The highest BCUT2D eigenvalue weighted by Crippen LogP contribution is 2.26. The van der Waals surface area contributed by atoms with Crippen LogP contribution in [-0.2, 0) is 38.1 Å². The molecule has 0 bridgehead atoms. The molecule has 2 unspecified atom stereocenters. The molecule has 1 aliphatic heterocycles. The number of rotatable bonds is 14. The molecule has 1 rings (SSSR count). The van der Waals surface area contributed by atoms with Crippen LogP contribution in [0.4, 0.5) is 0 Å². The largest absolute Gasteiger partial charge is 0.479 e. The van der Waals surface area contributed by atoms with E-state index in [2.05, 4.69) is 9.47 Å². The van der Waals surface area contributed by atoms with E-state index in [0.717, 1.165) is 38.5 Å². The predicted molar refractivity (Wildman–Crippen MR) is 118 cm³/mol. The van der Waals surface area contributed by atoms with Crippen LogP contribution in [0.25, 0.3) is 0 Å². The summed E-state index contributed by atoms with van der Waals surface area (Å²) in [5.74, 6) is -2.83. The zero-order chi connectivity index (χ0) is 25.3. The molecular weight excluding hydrogens is 436 g/mol. The van der Waals surface area contributed by atoms with E-state index in [1.807, 2.05) is 0 Å². The van der Waals surface area contributed by atoms with Gasteiger partial charge >= 0.3 is 23.9 Å². The standard InChI is InChI=1S/C13H20O5.C10H18O5/c1-13(2)17-10(12(15)18-13)8-6-4-5-7-9-11(14)16-3;1-15-9(12)7-5-3-2-4-6-8(11)10(13)14/h7,9-10H,4-6,8H2,1-3H3;8,11H,2-7H2,1H3,(H,13,14)/b9-7+;. The molecule has 2 N–H and O–H groups in total. The highest BCUT2D eigenvalue weighted by atomic mass is 16.8. The predicted octanol–water partition coefficient (Wildman–Crippen LogP) is 2.90. The summed E-state index contributed by atoms with van der Waals surface area (Å²) >= 11 is 0. The summed E-state index contributed by atoms with van der Waals surface area (Å²) in [5, 5.41) is 17.3. The van der Waals surface area contributed by atoms with Gasteiger partial charge in [-0.3, -0.25) is 4.79 Å². The molecule has 33 heavy (non-hydrogen) atoms. The van der Waals surface area contributed by atoms with Gasteiger partial charge in [-0.25, -0.2) is 14.4 Å². The van der Waals surface area contributed by atoms with Crippen LogP contribution in [-0.4, -0.2) is 66.3 Å². The van der Waals surface area contributed by atoms with Gasteiger partial charge in [0, 0.05) is 26.3 Å². The van der Waals surface area contributed by atoms with E-state index >= 15 is 0 Å². The zero-order valence-electron chi connectivity index (χ0n) is 20.0. The van der Waals surface area contributed by atoms with E-state index in [-0.39, 0.29) is 24.3 Å². The number of carboxylic acid groups (broad SMARTS) is 1. The lowest BCUT2D eigenvalue weighted by atomic mass is 10.1. The number of carbonyl (C=O) groups is 4. The van der Waals surface area contributed by atoms with Crippen molar-refractivity contribution in [1.82, 2.24) is 0 Å². The van der Waals surface area contributed by atoms with Crippen molar-refractivity contribution in [3.63, 3.8) is 0 Å². The number of ether oxygens (including phenoxy) is 4. The Balaban J connectivity index is 0.000000633. The summed E-state index contributed by atoms with van der Waals surface area (Å²) in [4.78, 5) is 43.1. The van der Waals surface area contributed by atoms with Crippen molar-refractivity contribution < 1.29 is 48.3 Å². The Morgan fingerprint density at radius 2 is 1.73 bits per heavy atom. The van der Waals surface area contributed by atoms with E-state index in [1.165, 1.54) is 20.3 Å². The van der Waals surface area contributed by atoms with Crippen molar-refractivity contribution in [2.75, 3.05) is 14.2 Å². The Morgan fingerprint density at radius 3 is 2.27 bits per heavy atom. The van der Waals surface area contributed by atoms with Crippen LogP contribution >= 0.6 is 0 Å². The van der Waals surface area contributed by atoms with Crippen molar-refractivity contribution in [3.8, 4) is 0 Å². The minimum absolute atomic E-state index is 0.222. The third-order valence-corrected chi connectivity index (χ3v) is 4.70. The molecule has 190 valence electrons. The molecule has 0 aromatic heterocycles. The van der Waals surface area contributed by atoms with Gasteiger partial charge in [0.15, 0.2) is 12.2 Å². The maximum atomic E-state index is 11.4. The quantitative estimate of drug-likeness (QED) is 0.167. The van der Waals surface area contributed by atoms with Crippen LogP contribution in [0.2, 0.25) is 0 Å². The molecule has 0 amide bonds. The summed E-state index contributed by atoms with van der Waals surface area (Å²) in [6.45, 7) is 3.45. The minimum Gasteiger partial charge on any atom is -0.479 e. The van der Waals surface area contributed by atoms with Gasteiger partial charge < -0.3 is 29.2 Å². The SMILES string of the molecule is COC(=O)/C=C/CCCCC1OC(C)(C)OC1=O.COC(=O)CCCCCCC(O)C(=O)O. The normalized spacial score (nSPS) is 17.6. The molecule has 1 heterocycles. The Labute approximate surface area is 195 Å². The zero-order valence-corrected chi connectivity index (χ0v) is 20.0. The van der Waals surface area contributed by atoms with Gasteiger partial charge in [0.2, 0.25) is 5.79 Å². The number of hydrogen-bond acceptors (Lipinski definition) is 9. The fourth-order valence-electron chi connectivity index (χ4n) is 2.93. The maximum Gasteiger partial charge on any atom is 0.337 e. The summed E-state index contributed by atoms with van der Waals surface area (Å²) in [6.07, 6.45) is 8.37. The molecule has 0 aromatic carbocycles. The van der Waals surface area contributed by atoms with Crippen LogP contribution in [0.5, 0.6) is 0 Å². The van der Waals surface area contributed by atoms with Crippen LogP contribution < -0.4 is 0 Å². The fourth-order valence-corrected chi connectivity index (χ4v) is 2.93. The fraction of sp³-hybridized carbons (Fsp3) is 0.739. The topological polar surface area (TPSA) is 146 Å². The molecule has 1 fully saturated rings. The molecule has 0 aromatic rings. The average Bonchev–Trinajstić information content (AvgIpc) is 3.03. The third-order valence-electron chi connectivity index (χ3n) is 4.70. The van der Waals surface area contributed by atoms with Gasteiger partial charge in [-0.2, -0.15) is 0 Å². The Morgan fingerprint density at radius 1 is 1.06 bits per heavy atom. The lowest BCUT2D eigenvalue weighted by Crippen LogP contribution is -2.21. The lowest BCUT2D eigenvalue weighted by Gasteiger charge is -2.15. The summed E-state index contributed by atoms with van der Waals surface area (Å²) < 4.78 is 19.4. The number of carbonyl (C=O) groups excluding carboxylic acids is 3. The highest BCUT2D eigenvalue weighted by Gasteiger charge is 2.40. The van der Waals surface area contributed by atoms with Gasteiger partial charge in [0.05, 0.1) is 14.2 Å². The van der Waals surface area contributed by atoms with Crippen molar-refractivity contribution in [1.29, 1.82) is 0 Å². The van der Waals surface area contributed by atoms with E-state index < -0.39 is 24.0 Å². The lowest BCUT2D eigenvalue weighted by molar-refractivity contribution is -0.161. The monoisotopic (exact) mass is 474 g/mol. The second-order valence-corrected chi connectivity index (χ2v) is 8.02. The highest BCUT2D eigenvalue weighted by molar-refractivity contribution is 5.81. The van der Waals surface area contributed by atoms with Gasteiger partial charge in [-0.05, 0) is 38.5 Å². The molecule has 1 saturated heterocycles. The number of cyclic esters (lactones) is 1. The van der Waals surface area contributed by atoms with Crippen LogP contribution in [0.1, 0.15) is 78.1 Å². The number of unbranched alkanes of at least 4 members (excludes halogenated alkanes) is 5. The van der Waals surface area contributed by atoms with Gasteiger partial charge in [0.25, 0.3) is 0 Å². The van der Waals surface area contributed by atoms with Crippen LogP contribution in [0, 0.1) is 0 Å². The maximum absolute atomic E-state index is 11.4. The van der Waals surface area contributed by atoms with Gasteiger partial charge in [-0.1, -0.05) is 25.3 Å². The van der Waals surface area contributed by atoms with E-state index in [4.69, 9.17) is 19.7 Å². The molecular formula is C23H38O10. The number of carboxylic acids is 1. The first kappa shape index (κ1) is 30.5. The molecule has 2 atom stereocenters. The second kappa shape index (κ2) is 17.1. The molecule has 0 spiro atoms. The van der Waals surface area contributed by atoms with E-state index in [1.54, 1.807) is 19.9 Å². The molecule has 0 saturated carbocycles. The molecule has 0 radical (unpaired) electrons. The smallest absolute Gasteiger partial charge is 0.337 e. The first-order chi connectivity index (χ1) is 15.5. The van der Waals surface area contributed by atoms with Crippen molar-refractivity contribution in [2.24, 2.45) is 0 Å². The summed E-state index contributed by atoms with van der Waals surface area (Å²) in [7, 11) is 2.70. The van der Waals surface area contributed by atoms with Gasteiger partial charge in [-0.15, -0.1) is 0 Å². The summed E-state index contributed by atoms with van der Waals surface area (Å²) in [6, 6.07) is 0.